The van der Waals surface area contributed by atoms with Gasteiger partial charge in [0.1, 0.15) is 22.3 Å². The van der Waals surface area contributed by atoms with Crippen molar-refractivity contribution < 1.29 is 8.83 Å². The van der Waals surface area contributed by atoms with E-state index >= 15 is 0 Å². The number of rotatable bonds is 6. The zero-order valence-electron chi connectivity index (χ0n) is 27.7. The minimum Gasteiger partial charge on any atom is -0.456 e. The lowest BCUT2D eigenvalue weighted by atomic mass is 9.97. The van der Waals surface area contributed by atoms with Crippen LogP contribution in [0.1, 0.15) is 0 Å². The molecule has 2 heterocycles. The molecule has 0 N–H and O–H groups in total. The third kappa shape index (κ3) is 4.98. The van der Waals surface area contributed by atoms with Crippen LogP contribution in [-0.4, -0.2) is 0 Å². The highest BCUT2D eigenvalue weighted by atomic mass is 16.3. The molecule has 10 rings (SSSR count). The standard InChI is InChI=1S/C48H31NO2/c1-4-12-32(13-5-1)34-20-22-36(23-21-34)41-30-39(31-42-47-45(51-48(41)42)29-28-44-46(47)40-18-10-11-19-43(40)50-44)49(37-16-8-3-9-17-37)38-26-24-35(25-27-38)33-14-6-2-7-15-33/h1-31H. The lowest BCUT2D eigenvalue weighted by Crippen LogP contribution is -2.10. The topological polar surface area (TPSA) is 29.5 Å². The quantitative estimate of drug-likeness (QED) is 0.179. The molecule has 3 heteroatoms. The molecule has 0 fully saturated rings. The van der Waals surface area contributed by atoms with Crippen LogP contribution < -0.4 is 4.90 Å². The van der Waals surface area contributed by atoms with Crippen molar-refractivity contribution >= 4 is 60.9 Å². The molecule has 0 unspecified atom stereocenters. The van der Waals surface area contributed by atoms with E-state index in [2.05, 4.69) is 169 Å². The van der Waals surface area contributed by atoms with Gasteiger partial charge in [0, 0.05) is 44.2 Å². The van der Waals surface area contributed by atoms with E-state index in [1.165, 1.54) is 22.3 Å². The van der Waals surface area contributed by atoms with E-state index in [4.69, 9.17) is 8.83 Å². The summed E-state index contributed by atoms with van der Waals surface area (Å²) in [7, 11) is 0. The number of nitrogens with zero attached hydrogens (tertiary/aromatic N) is 1. The highest BCUT2D eigenvalue weighted by Gasteiger charge is 2.22. The summed E-state index contributed by atoms with van der Waals surface area (Å²) in [6.07, 6.45) is 0. The monoisotopic (exact) mass is 653 g/mol. The maximum absolute atomic E-state index is 6.83. The molecule has 240 valence electrons. The molecular formula is C48H31NO2. The van der Waals surface area contributed by atoms with Gasteiger partial charge in [-0.3, -0.25) is 0 Å². The van der Waals surface area contributed by atoms with E-state index in [1.54, 1.807) is 0 Å². The molecule has 0 spiro atoms. The Balaban J connectivity index is 1.24. The van der Waals surface area contributed by atoms with Crippen LogP contribution in [0.4, 0.5) is 17.1 Å². The third-order valence-electron chi connectivity index (χ3n) is 9.87. The molecule has 3 nitrogen and oxygen atoms in total. The molecule has 0 saturated heterocycles. The van der Waals surface area contributed by atoms with Crippen LogP contribution in [-0.2, 0) is 0 Å². The van der Waals surface area contributed by atoms with Gasteiger partial charge in [-0.15, -0.1) is 0 Å². The van der Waals surface area contributed by atoms with E-state index in [0.29, 0.717) is 0 Å². The summed E-state index contributed by atoms with van der Waals surface area (Å²) >= 11 is 0. The minimum absolute atomic E-state index is 0.835. The maximum Gasteiger partial charge on any atom is 0.143 e. The van der Waals surface area contributed by atoms with Gasteiger partial charge in [-0.05, 0) is 82.4 Å². The number of anilines is 3. The molecule has 10 aromatic rings. The Hall–Kier alpha value is -6.84. The van der Waals surface area contributed by atoms with E-state index < -0.39 is 0 Å². The minimum atomic E-state index is 0.835. The number of hydrogen-bond donors (Lipinski definition) is 0. The number of para-hydroxylation sites is 2. The average molecular weight is 654 g/mol. The van der Waals surface area contributed by atoms with Gasteiger partial charge in [0.05, 0.1) is 0 Å². The summed E-state index contributed by atoms with van der Waals surface area (Å²) in [6.45, 7) is 0. The lowest BCUT2D eigenvalue weighted by molar-refractivity contribution is 0.663. The first-order valence-electron chi connectivity index (χ1n) is 17.3. The maximum atomic E-state index is 6.83. The van der Waals surface area contributed by atoms with Crippen LogP contribution in [0.2, 0.25) is 0 Å². The van der Waals surface area contributed by atoms with Crippen LogP contribution in [0, 0.1) is 0 Å². The average Bonchev–Trinajstić information content (AvgIpc) is 3.77. The number of fused-ring (bicyclic) bond motifs is 7. The summed E-state index contributed by atoms with van der Waals surface area (Å²) in [5, 5.41) is 4.26. The number of furan rings is 2. The molecule has 8 aromatic carbocycles. The fraction of sp³-hybridized carbons (Fsp3) is 0. The largest absolute Gasteiger partial charge is 0.456 e. The fourth-order valence-corrected chi connectivity index (χ4v) is 7.44. The first-order chi connectivity index (χ1) is 25.3. The number of hydrogen-bond acceptors (Lipinski definition) is 3. The summed E-state index contributed by atoms with van der Waals surface area (Å²) in [4.78, 5) is 2.34. The predicted molar refractivity (Wildman–Crippen MR) is 212 cm³/mol. The number of benzene rings is 8. The van der Waals surface area contributed by atoms with Crippen LogP contribution in [0.3, 0.4) is 0 Å². The van der Waals surface area contributed by atoms with E-state index in [-0.39, 0.29) is 0 Å². The Labute approximate surface area is 295 Å². The van der Waals surface area contributed by atoms with Crippen molar-refractivity contribution in [1.29, 1.82) is 0 Å². The molecule has 0 aliphatic rings. The molecule has 0 amide bonds. The highest BCUT2D eigenvalue weighted by molar-refractivity contribution is 6.27. The Morgan fingerprint density at radius 2 is 0.804 bits per heavy atom. The second-order valence-electron chi connectivity index (χ2n) is 12.9. The zero-order valence-corrected chi connectivity index (χ0v) is 27.7. The van der Waals surface area contributed by atoms with Gasteiger partial charge in [0.2, 0.25) is 0 Å². The van der Waals surface area contributed by atoms with Crippen molar-refractivity contribution in [3.8, 4) is 33.4 Å². The van der Waals surface area contributed by atoms with Gasteiger partial charge >= 0.3 is 0 Å². The van der Waals surface area contributed by atoms with Crippen molar-refractivity contribution in [3.05, 3.63) is 188 Å². The van der Waals surface area contributed by atoms with Gasteiger partial charge in [0.25, 0.3) is 0 Å². The van der Waals surface area contributed by atoms with Gasteiger partial charge < -0.3 is 13.7 Å². The van der Waals surface area contributed by atoms with E-state index in [0.717, 1.165) is 72.1 Å². The van der Waals surface area contributed by atoms with Gasteiger partial charge in [-0.2, -0.15) is 0 Å². The fourth-order valence-electron chi connectivity index (χ4n) is 7.44. The Morgan fingerprint density at radius 3 is 1.47 bits per heavy atom. The lowest BCUT2D eigenvalue weighted by Gasteiger charge is -2.26. The molecule has 0 aliphatic carbocycles. The summed E-state index contributed by atoms with van der Waals surface area (Å²) in [6, 6.07) is 66.1. The van der Waals surface area contributed by atoms with Gasteiger partial charge in [-0.1, -0.05) is 133 Å². The first-order valence-corrected chi connectivity index (χ1v) is 17.3. The smallest absolute Gasteiger partial charge is 0.143 e. The molecule has 0 radical (unpaired) electrons. The molecule has 0 atom stereocenters. The zero-order chi connectivity index (χ0) is 33.7. The summed E-state index contributed by atoms with van der Waals surface area (Å²) in [5.41, 5.74) is 13.4. The predicted octanol–water partition coefficient (Wildman–Crippen LogP) is 14.0. The van der Waals surface area contributed by atoms with Crippen LogP contribution in [0.25, 0.3) is 77.3 Å². The van der Waals surface area contributed by atoms with Crippen molar-refractivity contribution in [1.82, 2.24) is 0 Å². The van der Waals surface area contributed by atoms with Crippen LogP contribution in [0.15, 0.2) is 197 Å². The van der Waals surface area contributed by atoms with E-state index in [9.17, 15) is 0 Å². The van der Waals surface area contributed by atoms with Crippen LogP contribution in [0.5, 0.6) is 0 Å². The van der Waals surface area contributed by atoms with Gasteiger partial charge in [0.15, 0.2) is 0 Å². The van der Waals surface area contributed by atoms with Crippen LogP contribution >= 0.6 is 0 Å². The van der Waals surface area contributed by atoms with Crippen molar-refractivity contribution in [2.75, 3.05) is 4.90 Å². The molecule has 2 aromatic heterocycles. The molecule has 0 saturated carbocycles. The summed E-state index contributed by atoms with van der Waals surface area (Å²) in [5.74, 6) is 0. The SMILES string of the molecule is c1ccc(-c2ccc(-c3cc(N(c4ccccc4)c4ccc(-c5ccccc5)cc4)cc4c3oc3ccc5oc6ccccc6c5c34)cc2)cc1. The third-order valence-corrected chi connectivity index (χ3v) is 9.87. The first kappa shape index (κ1) is 29.1. The molecule has 0 bridgehead atoms. The van der Waals surface area contributed by atoms with Crippen molar-refractivity contribution in [3.63, 3.8) is 0 Å². The van der Waals surface area contributed by atoms with Crippen molar-refractivity contribution in [2.24, 2.45) is 0 Å². The highest BCUT2D eigenvalue weighted by Crippen LogP contribution is 2.46. The van der Waals surface area contributed by atoms with E-state index in [1.807, 2.05) is 24.3 Å². The molecule has 0 aliphatic heterocycles. The molecule has 51 heavy (non-hydrogen) atoms. The second kappa shape index (κ2) is 11.9. The summed E-state index contributed by atoms with van der Waals surface area (Å²) < 4.78 is 13.2. The molecular weight excluding hydrogens is 623 g/mol. The Bertz CT molecular complexity index is 2820. The van der Waals surface area contributed by atoms with Gasteiger partial charge in [-0.25, -0.2) is 0 Å². The van der Waals surface area contributed by atoms with Crippen molar-refractivity contribution in [2.45, 2.75) is 0 Å². The Morgan fingerprint density at radius 1 is 0.314 bits per heavy atom. The second-order valence-corrected chi connectivity index (χ2v) is 12.9. The normalized spacial score (nSPS) is 11.5. The Kier molecular flexibility index (Phi) is 6.81.